The zero-order valence-electron chi connectivity index (χ0n) is 10.7. The first-order chi connectivity index (χ1) is 8.10. The average molecular weight is 245 g/mol. The van der Waals surface area contributed by atoms with Crippen LogP contribution in [-0.2, 0) is 4.79 Å². The van der Waals surface area contributed by atoms with Crippen LogP contribution >= 0.6 is 0 Å². The fourth-order valence-corrected chi connectivity index (χ4v) is 1.89. The van der Waals surface area contributed by atoms with Crippen LogP contribution < -0.4 is 17.2 Å². The highest BCUT2D eigenvalue weighted by atomic mass is 16.3. The third-order valence-electron chi connectivity index (χ3n) is 3.02. The van der Waals surface area contributed by atoms with E-state index < -0.39 is 5.54 Å². The third-order valence-corrected chi connectivity index (χ3v) is 3.02. The Balaban J connectivity index is 4.30. The van der Waals surface area contributed by atoms with Gasteiger partial charge in [-0.25, -0.2) is 0 Å². The lowest BCUT2D eigenvalue weighted by Crippen LogP contribution is -2.48. The van der Waals surface area contributed by atoms with Crippen molar-refractivity contribution in [2.75, 3.05) is 19.7 Å². The van der Waals surface area contributed by atoms with Crippen LogP contribution in [0.5, 0.6) is 0 Å². The van der Waals surface area contributed by atoms with Crippen molar-refractivity contribution in [3.8, 4) is 0 Å². The van der Waals surface area contributed by atoms with Gasteiger partial charge in [-0.15, -0.1) is 0 Å². The van der Waals surface area contributed by atoms with Crippen molar-refractivity contribution in [3.05, 3.63) is 0 Å². The SMILES string of the molecule is NCCCCC(N)(CCCO)C(=O)CCCN. The number of aliphatic hydroxyl groups is 1. The molecule has 7 N–H and O–H groups in total. The predicted molar refractivity (Wildman–Crippen MR) is 69.4 cm³/mol. The maximum Gasteiger partial charge on any atom is 0.152 e. The molecule has 0 bridgehead atoms. The van der Waals surface area contributed by atoms with E-state index in [1.54, 1.807) is 0 Å². The van der Waals surface area contributed by atoms with Crippen LogP contribution in [0.4, 0.5) is 0 Å². The Morgan fingerprint density at radius 2 is 1.59 bits per heavy atom. The number of carbonyl (C=O) groups excluding carboxylic acids is 1. The van der Waals surface area contributed by atoms with E-state index in [2.05, 4.69) is 0 Å². The van der Waals surface area contributed by atoms with Gasteiger partial charge in [-0.1, -0.05) is 0 Å². The fourth-order valence-electron chi connectivity index (χ4n) is 1.89. The van der Waals surface area contributed by atoms with Gasteiger partial charge in [-0.3, -0.25) is 4.79 Å². The highest BCUT2D eigenvalue weighted by Crippen LogP contribution is 2.21. The molecule has 0 spiro atoms. The standard InChI is InChI=1S/C12H27N3O2/c13-8-2-1-6-12(15,7-4-10-16)11(17)5-3-9-14/h16H,1-10,13-15H2. The summed E-state index contributed by atoms with van der Waals surface area (Å²) in [6, 6.07) is 0. The Hall–Kier alpha value is -0.490. The molecule has 0 aliphatic heterocycles. The number of hydrogen-bond acceptors (Lipinski definition) is 5. The van der Waals surface area contributed by atoms with Gasteiger partial charge in [-0.2, -0.15) is 0 Å². The van der Waals surface area contributed by atoms with E-state index in [-0.39, 0.29) is 12.4 Å². The highest BCUT2D eigenvalue weighted by Gasteiger charge is 2.31. The van der Waals surface area contributed by atoms with Crippen molar-refractivity contribution in [2.45, 2.75) is 50.5 Å². The molecule has 0 saturated carbocycles. The summed E-state index contributed by atoms with van der Waals surface area (Å²) >= 11 is 0. The lowest BCUT2D eigenvalue weighted by atomic mass is 9.83. The van der Waals surface area contributed by atoms with Gasteiger partial charge in [0.25, 0.3) is 0 Å². The Bertz CT molecular complexity index is 212. The average Bonchev–Trinajstić information content (AvgIpc) is 2.33. The van der Waals surface area contributed by atoms with Crippen molar-refractivity contribution in [1.29, 1.82) is 0 Å². The van der Waals surface area contributed by atoms with Gasteiger partial charge in [0.1, 0.15) is 0 Å². The number of Topliss-reactive ketones (excluding diaryl/α,β-unsaturated/α-hetero) is 1. The fraction of sp³-hybridized carbons (Fsp3) is 0.917. The summed E-state index contributed by atoms with van der Waals surface area (Å²) in [4.78, 5) is 12.0. The van der Waals surface area contributed by atoms with Gasteiger partial charge >= 0.3 is 0 Å². The third kappa shape index (κ3) is 6.73. The Labute approximate surface area is 104 Å². The van der Waals surface area contributed by atoms with Gasteiger partial charge in [0.15, 0.2) is 5.78 Å². The number of hydrogen-bond donors (Lipinski definition) is 4. The monoisotopic (exact) mass is 245 g/mol. The van der Waals surface area contributed by atoms with E-state index in [4.69, 9.17) is 22.3 Å². The normalized spacial score (nSPS) is 14.6. The van der Waals surface area contributed by atoms with Gasteiger partial charge in [0.2, 0.25) is 0 Å². The molecule has 17 heavy (non-hydrogen) atoms. The summed E-state index contributed by atoms with van der Waals surface area (Å²) in [5.41, 5.74) is 16.2. The molecule has 5 heteroatoms. The van der Waals surface area contributed by atoms with E-state index in [1.807, 2.05) is 0 Å². The summed E-state index contributed by atoms with van der Waals surface area (Å²) in [7, 11) is 0. The van der Waals surface area contributed by atoms with Crippen LogP contribution in [0.3, 0.4) is 0 Å². The molecule has 0 aromatic carbocycles. The van der Waals surface area contributed by atoms with E-state index in [1.165, 1.54) is 0 Å². The molecular formula is C12H27N3O2. The van der Waals surface area contributed by atoms with Crippen molar-refractivity contribution in [3.63, 3.8) is 0 Å². The number of aliphatic hydroxyl groups excluding tert-OH is 1. The minimum Gasteiger partial charge on any atom is -0.396 e. The quantitative estimate of drug-likeness (QED) is 0.379. The van der Waals surface area contributed by atoms with Gasteiger partial charge in [-0.05, 0) is 51.6 Å². The number of ketones is 1. The number of unbranched alkanes of at least 4 members (excludes halogenated alkanes) is 1. The highest BCUT2D eigenvalue weighted by molar-refractivity contribution is 5.88. The molecule has 0 aromatic heterocycles. The Morgan fingerprint density at radius 3 is 2.12 bits per heavy atom. The Kier molecular flexibility index (Phi) is 9.26. The molecule has 1 unspecified atom stereocenters. The van der Waals surface area contributed by atoms with Crippen LogP contribution in [0.15, 0.2) is 0 Å². The van der Waals surface area contributed by atoms with Gasteiger partial charge < -0.3 is 22.3 Å². The largest absolute Gasteiger partial charge is 0.396 e. The van der Waals surface area contributed by atoms with Crippen molar-refractivity contribution in [2.24, 2.45) is 17.2 Å². The summed E-state index contributed by atoms with van der Waals surface area (Å²) in [5.74, 6) is 0.0634. The van der Waals surface area contributed by atoms with Crippen LogP contribution in [0.25, 0.3) is 0 Å². The smallest absolute Gasteiger partial charge is 0.152 e. The van der Waals surface area contributed by atoms with E-state index in [0.717, 1.165) is 12.8 Å². The molecule has 0 aromatic rings. The topological polar surface area (TPSA) is 115 Å². The van der Waals surface area contributed by atoms with E-state index >= 15 is 0 Å². The van der Waals surface area contributed by atoms with Crippen molar-refractivity contribution in [1.82, 2.24) is 0 Å². The first-order valence-corrected chi connectivity index (χ1v) is 6.44. The number of rotatable bonds is 11. The first-order valence-electron chi connectivity index (χ1n) is 6.44. The van der Waals surface area contributed by atoms with Crippen LogP contribution in [-0.4, -0.2) is 36.1 Å². The van der Waals surface area contributed by atoms with Crippen molar-refractivity contribution < 1.29 is 9.90 Å². The van der Waals surface area contributed by atoms with E-state index in [0.29, 0.717) is 45.2 Å². The number of carbonyl (C=O) groups is 1. The molecule has 5 nitrogen and oxygen atoms in total. The number of nitrogens with two attached hydrogens (primary N) is 3. The van der Waals surface area contributed by atoms with E-state index in [9.17, 15) is 4.79 Å². The van der Waals surface area contributed by atoms with Crippen LogP contribution in [0, 0.1) is 0 Å². The summed E-state index contributed by atoms with van der Waals surface area (Å²) in [6.07, 6.45) is 4.59. The molecule has 0 aliphatic rings. The zero-order valence-corrected chi connectivity index (χ0v) is 10.7. The summed E-state index contributed by atoms with van der Waals surface area (Å²) < 4.78 is 0. The van der Waals surface area contributed by atoms with Gasteiger partial charge in [0, 0.05) is 13.0 Å². The second-order valence-electron chi connectivity index (χ2n) is 4.54. The maximum absolute atomic E-state index is 12.0. The second kappa shape index (κ2) is 9.53. The molecule has 0 aliphatic carbocycles. The molecule has 102 valence electrons. The summed E-state index contributed by atoms with van der Waals surface area (Å²) in [5, 5.41) is 8.85. The molecule has 0 rings (SSSR count). The van der Waals surface area contributed by atoms with Crippen molar-refractivity contribution >= 4 is 5.78 Å². The molecule has 0 radical (unpaired) electrons. The molecule has 0 heterocycles. The predicted octanol–water partition coefficient (Wildman–Crippen LogP) is -0.107. The molecular weight excluding hydrogens is 218 g/mol. The molecule has 1 atom stereocenters. The minimum absolute atomic E-state index is 0.0634. The molecule has 0 fully saturated rings. The minimum atomic E-state index is -0.799. The lowest BCUT2D eigenvalue weighted by Gasteiger charge is -2.28. The molecule has 0 saturated heterocycles. The van der Waals surface area contributed by atoms with Crippen LogP contribution in [0.2, 0.25) is 0 Å². The maximum atomic E-state index is 12.0. The summed E-state index contributed by atoms with van der Waals surface area (Å²) in [6.45, 7) is 1.19. The Morgan fingerprint density at radius 1 is 1.00 bits per heavy atom. The second-order valence-corrected chi connectivity index (χ2v) is 4.54. The first kappa shape index (κ1) is 16.5. The van der Waals surface area contributed by atoms with Crippen LogP contribution in [0.1, 0.15) is 44.9 Å². The molecule has 0 amide bonds. The zero-order chi connectivity index (χ0) is 13.1. The lowest BCUT2D eigenvalue weighted by molar-refractivity contribution is -0.125. The van der Waals surface area contributed by atoms with Gasteiger partial charge in [0.05, 0.1) is 5.54 Å².